The van der Waals surface area contributed by atoms with Gasteiger partial charge in [0.05, 0.1) is 6.54 Å². The minimum atomic E-state index is -0.800. The lowest BCUT2D eigenvalue weighted by Gasteiger charge is -2.22. The predicted octanol–water partition coefficient (Wildman–Crippen LogP) is 1.75. The lowest BCUT2D eigenvalue weighted by Crippen LogP contribution is -2.36. The van der Waals surface area contributed by atoms with E-state index in [-0.39, 0.29) is 12.3 Å². The van der Waals surface area contributed by atoms with Gasteiger partial charge in [0, 0.05) is 20.0 Å². The first-order valence-corrected chi connectivity index (χ1v) is 7.08. The average Bonchev–Trinajstić information content (AvgIpc) is 2.40. The third kappa shape index (κ3) is 6.90. The number of benzene rings is 1. The molecule has 0 aliphatic rings. The summed E-state index contributed by atoms with van der Waals surface area (Å²) in [7, 11) is 3.62. The molecule has 5 nitrogen and oxygen atoms in total. The van der Waals surface area contributed by atoms with Gasteiger partial charge < -0.3 is 10.0 Å². The molecular formula is C16H24N2O3. The summed E-state index contributed by atoms with van der Waals surface area (Å²) >= 11 is 0. The Balaban J connectivity index is 2.36. The third-order valence-corrected chi connectivity index (χ3v) is 3.30. The topological polar surface area (TPSA) is 60.9 Å². The second-order valence-corrected chi connectivity index (χ2v) is 5.47. The number of amides is 1. The average molecular weight is 292 g/mol. The first-order chi connectivity index (χ1) is 9.88. The van der Waals surface area contributed by atoms with Crippen LogP contribution in [0.15, 0.2) is 24.3 Å². The molecule has 0 aromatic heterocycles. The number of carboxylic acids is 1. The van der Waals surface area contributed by atoms with E-state index in [1.165, 1.54) is 5.56 Å². The number of likely N-dealkylation sites (N-methyl/N-ethyl adjacent to an activating group) is 2. The highest BCUT2D eigenvalue weighted by molar-refractivity contribution is 5.78. The molecule has 0 saturated heterocycles. The number of nitrogens with zero attached hydrogens (tertiary/aromatic N) is 2. The predicted molar refractivity (Wildman–Crippen MR) is 82.0 cm³/mol. The number of aliphatic carboxylic acids is 1. The zero-order valence-electron chi connectivity index (χ0n) is 13.0. The third-order valence-electron chi connectivity index (χ3n) is 3.30. The van der Waals surface area contributed by atoms with Crippen LogP contribution in [0, 0.1) is 6.92 Å². The van der Waals surface area contributed by atoms with Crippen molar-refractivity contribution in [1.29, 1.82) is 0 Å². The summed E-state index contributed by atoms with van der Waals surface area (Å²) < 4.78 is 0. The van der Waals surface area contributed by atoms with Crippen LogP contribution in [0.1, 0.15) is 24.0 Å². The molecule has 5 heteroatoms. The number of hydrogen-bond donors (Lipinski definition) is 1. The van der Waals surface area contributed by atoms with E-state index in [9.17, 15) is 9.59 Å². The first kappa shape index (κ1) is 17.2. The SMILES string of the molecule is Cc1ccc(CN(C)C(=O)CN(C)CCCC(=O)O)cc1. The number of hydrogen-bond acceptors (Lipinski definition) is 3. The normalized spacial score (nSPS) is 10.7. The van der Waals surface area contributed by atoms with Crippen LogP contribution < -0.4 is 0 Å². The molecule has 1 aromatic carbocycles. The summed E-state index contributed by atoms with van der Waals surface area (Å²) in [5.41, 5.74) is 2.30. The number of carbonyl (C=O) groups is 2. The second kappa shape index (κ2) is 8.42. The van der Waals surface area contributed by atoms with Crippen LogP contribution in [0.25, 0.3) is 0 Å². The monoisotopic (exact) mass is 292 g/mol. The molecule has 0 saturated carbocycles. The smallest absolute Gasteiger partial charge is 0.303 e. The Morgan fingerprint density at radius 3 is 2.33 bits per heavy atom. The molecule has 0 bridgehead atoms. The van der Waals surface area contributed by atoms with Crippen molar-refractivity contribution in [3.63, 3.8) is 0 Å². The van der Waals surface area contributed by atoms with E-state index in [1.54, 1.807) is 11.9 Å². The van der Waals surface area contributed by atoms with E-state index in [2.05, 4.69) is 0 Å². The van der Waals surface area contributed by atoms with Crippen LogP contribution >= 0.6 is 0 Å². The van der Waals surface area contributed by atoms with E-state index < -0.39 is 5.97 Å². The van der Waals surface area contributed by atoms with Crippen LogP contribution in [0.3, 0.4) is 0 Å². The maximum Gasteiger partial charge on any atom is 0.303 e. The Morgan fingerprint density at radius 1 is 1.14 bits per heavy atom. The molecule has 0 radical (unpaired) electrons. The van der Waals surface area contributed by atoms with Crippen LogP contribution in [0.2, 0.25) is 0 Å². The van der Waals surface area contributed by atoms with Crippen molar-refractivity contribution in [2.24, 2.45) is 0 Å². The van der Waals surface area contributed by atoms with Crippen molar-refractivity contribution in [3.8, 4) is 0 Å². The van der Waals surface area contributed by atoms with Gasteiger partial charge in [0.15, 0.2) is 0 Å². The Labute approximate surface area is 126 Å². The fourth-order valence-corrected chi connectivity index (χ4v) is 1.99. The summed E-state index contributed by atoms with van der Waals surface area (Å²) in [4.78, 5) is 26.1. The fourth-order valence-electron chi connectivity index (χ4n) is 1.99. The maximum atomic E-state index is 12.1. The molecule has 0 aliphatic carbocycles. The molecule has 0 atom stereocenters. The second-order valence-electron chi connectivity index (χ2n) is 5.47. The van der Waals surface area contributed by atoms with Gasteiger partial charge in [-0.3, -0.25) is 14.5 Å². The summed E-state index contributed by atoms with van der Waals surface area (Å²) in [5.74, 6) is -0.764. The van der Waals surface area contributed by atoms with Gasteiger partial charge in [0.1, 0.15) is 0 Å². The number of aryl methyl sites for hydroxylation is 1. The zero-order valence-corrected chi connectivity index (χ0v) is 13.0. The summed E-state index contributed by atoms with van der Waals surface area (Å²) in [6, 6.07) is 8.11. The lowest BCUT2D eigenvalue weighted by atomic mass is 10.1. The number of carbonyl (C=O) groups excluding carboxylic acids is 1. The molecule has 1 rings (SSSR count). The van der Waals surface area contributed by atoms with Crippen molar-refractivity contribution in [3.05, 3.63) is 35.4 Å². The summed E-state index contributed by atoms with van der Waals surface area (Å²) in [6.07, 6.45) is 0.693. The van der Waals surface area contributed by atoms with Gasteiger partial charge in [-0.05, 0) is 32.5 Å². The number of rotatable bonds is 8. The molecule has 21 heavy (non-hydrogen) atoms. The molecule has 0 heterocycles. The highest BCUT2D eigenvalue weighted by Gasteiger charge is 2.12. The highest BCUT2D eigenvalue weighted by atomic mass is 16.4. The van der Waals surface area contributed by atoms with Crippen LogP contribution in [0.4, 0.5) is 0 Å². The molecular weight excluding hydrogens is 268 g/mol. The molecule has 0 fully saturated rings. The van der Waals surface area contributed by atoms with Gasteiger partial charge in [-0.1, -0.05) is 29.8 Å². The highest BCUT2D eigenvalue weighted by Crippen LogP contribution is 2.06. The van der Waals surface area contributed by atoms with Crippen LogP contribution in [-0.4, -0.2) is 54.0 Å². The fraction of sp³-hybridized carbons (Fsp3) is 0.500. The molecule has 116 valence electrons. The minimum absolute atomic E-state index is 0.0356. The van der Waals surface area contributed by atoms with Crippen molar-refractivity contribution < 1.29 is 14.7 Å². The lowest BCUT2D eigenvalue weighted by molar-refractivity contribution is -0.137. The Bertz CT molecular complexity index is 471. The Hall–Kier alpha value is -1.88. The largest absolute Gasteiger partial charge is 0.481 e. The first-order valence-electron chi connectivity index (χ1n) is 7.08. The van der Waals surface area contributed by atoms with Gasteiger partial charge in [-0.15, -0.1) is 0 Å². The van der Waals surface area contributed by atoms with Gasteiger partial charge in [0.2, 0.25) is 5.91 Å². The standard InChI is InChI=1S/C16H24N2O3/c1-13-6-8-14(9-7-13)11-18(3)15(19)12-17(2)10-4-5-16(20)21/h6-9H,4-5,10-12H2,1-3H3,(H,20,21). The van der Waals surface area contributed by atoms with E-state index in [1.807, 2.05) is 43.1 Å². The Morgan fingerprint density at radius 2 is 1.76 bits per heavy atom. The van der Waals surface area contributed by atoms with Crippen LogP contribution in [0.5, 0.6) is 0 Å². The molecule has 1 N–H and O–H groups in total. The van der Waals surface area contributed by atoms with Crippen LogP contribution in [-0.2, 0) is 16.1 Å². The molecule has 0 aliphatic heterocycles. The molecule has 0 spiro atoms. The summed E-state index contributed by atoms with van der Waals surface area (Å²) in [6.45, 7) is 3.53. The van der Waals surface area contributed by atoms with Gasteiger partial charge in [-0.2, -0.15) is 0 Å². The van der Waals surface area contributed by atoms with E-state index in [4.69, 9.17) is 5.11 Å². The maximum absolute atomic E-state index is 12.1. The molecule has 1 aromatic rings. The molecule has 0 unspecified atom stereocenters. The summed E-state index contributed by atoms with van der Waals surface area (Å²) in [5, 5.41) is 8.59. The van der Waals surface area contributed by atoms with Crippen molar-refractivity contribution in [2.45, 2.75) is 26.3 Å². The van der Waals surface area contributed by atoms with E-state index in [0.29, 0.717) is 26.1 Å². The van der Waals surface area contributed by atoms with Crippen molar-refractivity contribution in [1.82, 2.24) is 9.80 Å². The van der Waals surface area contributed by atoms with Gasteiger partial charge >= 0.3 is 5.97 Å². The van der Waals surface area contributed by atoms with E-state index >= 15 is 0 Å². The quantitative estimate of drug-likeness (QED) is 0.793. The minimum Gasteiger partial charge on any atom is -0.481 e. The molecule has 1 amide bonds. The number of carboxylic acid groups (broad SMARTS) is 1. The Kier molecular flexibility index (Phi) is 6.88. The van der Waals surface area contributed by atoms with Crippen molar-refractivity contribution >= 4 is 11.9 Å². The van der Waals surface area contributed by atoms with E-state index in [0.717, 1.165) is 5.56 Å². The van der Waals surface area contributed by atoms with Crippen molar-refractivity contribution in [2.75, 3.05) is 27.2 Å². The van der Waals surface area contributed by atoms with Gasteiger partial charge in [0.25, 0.3) is 0 Å². The van der Waals surface area contributed by atoms with Gasteiger partial charge in [-0.25, -0.2) is 0 Å². The zero-order chi connectivity index (χ0) is 15.8.